The van der Waals surface area contributed by atoms with E-state index < -0.39 is 35.4 Å². The van der Waals surface area contributed by atoms with Gasteiger partial charge in [0.15, 0.2) is 11.8 Å². The smallest absolute Gasteiger partial charge is 0.408 e. The van der Waals surface area contributed by atoms with Gasteiger partial charge < -0.3 is 29.7 Å². The average Bonchev–Trinajstić information content (AvgIpc) is 2.87. The molecule has 0 fully saturated rings. The second-order valence-corrected chi connectivity index (χ2v) is 7.49. The lowest BCUT2D eigenvalue weighted by atomic mass is 10.2. The topological polar surface area (TPSA) is 140 Å². The van der Waals surface area contributed by atoms with Crippen LogP contribution in [-0.4, -0.2) is 39.6 Å². The van der Waals surface area contributed by atoms with Crippen LogP contribution in [0.2, 0.25) is 0 Å². The van der Waals surface area contributed by atoms with Crippen molar-refractivity contribution in [3.63, 3.8) is 0 Å². The number of aliphatic carboxylic acids is 1. The van der Waals surface area contributed by atoms with Gasteiger partial charge in [-0.05, 0) is 41.5 Å². The number of carboxylic acid groups (broad SMARTS) is 1. The predicted molar refractivity (Wildman–Crippen MR) is 89.3 cm³/mol. The first-order valence-corrected chi connectivity index (χ1v) is 7.91. The first-order chi connectivity index (χ1) is 11.8. The second kappa shape index (κ2) is 8.07. The highest BCUT2D eigenvalue weighted by atomic mass is 16.6. The van der Waals surface area contributed by atoms with Crippen molar-refractivity contribution in [3.8, 4) is 0 Å². The highest BCUT2D eigenvalue weighted by molar-refractivity contribution is 5.81. The molecule has 1 heterocycles. The van der Waals surface area contributed by atoms with E-state index in [1.54, 1.807) is 41.5 Å². The summed E-state index contributed by atoms with van der Waals surface area (Å²) in [6, 6.07) is -0.142. The number of carbonyl (C=O) groups excluding carboxylic acids is 2. The zero-order valence-corrected chi connectivity index (χ0v) is 15.7. The van der Waals surface area contributed by atoms with E-state index in [0.29, 0.717) is 0 Å². The highest BCUT2D eigenvalue weighted by Crippen LogP contribution is 2.16. The molecule has 10 nitrogen and oxygen atoms in total. The van der Waals surface area contributed by atoms with Gasteiger partial charge >= 0.3 is 18.2 Å². The van der Waals surface area contributed by atoms with Crippen molar-refractivity contribution in [2.75, 3.05) is 0 Å². The van der Waals surface area contributed by atoms with Gasteiger partial charge in [0.25, 0.3) is 0 Å². The molecule has 0 radical (unpaired) electrons. The Morgan fingerprint density at radius 2 is 1.65 bits per heavy atom. The Kier molecular flexibility index (Phi) is 6.60. The van der Waals surface area contributed by atoms with E-state index in [-0.39, 0.29) is 18.0 Å². The van der Waals surface area contributed by atoms with E-state index in [0.717, 1.165) is 0 Å². The molecule has 1 atom stereocenters. The third-order valence-electron chi connectivity index (χ3n) is 2.59. The van der Waals surface area contributed by atoms with Crippen molar-refractivity contribution >= 4 is 18.2 Å². The van der Waals surface area contributed by atoms with Gasteiger partial charge in [-0.15, -0.1) is 0 Å². The molecule has 1 aromatic rings. The number of rotatable bonds is 5. The molecule has 3 N–H and O–H groups in total. The fraction of sp³-hybridized carbons (Fsp3) is 0.625. The summed E-state index contributed by atoms with van der Waals surface area (Å²) in [7, 11) is 0. The molecule has 146 valence electrons. The van der Waals surface area contributed by atoms with Gasteiger partial charge in [0.05, 0.1) is 6.54 Å². The number of ether oxygens (including phenoxy) is 2. The van der Waals surface area contributed by atoms with Gasteiger partial charge in [-0.25, -0.2) is 14.4 Å². The largest absolute Gasteiger partial charge is 0.479 e. The molecule has 0 saturated carbocycles. The minimum absolute atomic E-state index is 0.0376. The molecule has 26 heavy (non-hydrogen) atoms. The van der Waals surface area contributed by atoms with Crippen LogP contribution in [0, 0.1) is 0 Å². The van der Waals surface area contributed by atoms with Crippen LogP contribution in [0.5, 0.6) is 0 Å². The summed E-state index contributed by atoms with van der Waals surface area (Å²) in [5, 5.41) is 17.6. The number of nitrogens with zero attached hydrogens (tertiary/aromatic N) is 1. The average molecular weight is 371 g/mol. The lowest BCUT2D eigenvalue weighted by Gasteiger charge is -2.21. The van der Waals surface area contributed by atoms with E-state index in [1.165, 1.54) is 6.07 Å². The minimum Gasteiger partial charge on any atom is -0.479 e. The van der Waals surface area contributed by atoms with Crippen LogP contribution in [0.3, 0.4) is 0 Å². The fourth-order valence-corrected chi connectivity index (χ4v) is 1.71. The summed E-state index contributed by atoms with van der Waals surface area (Å²) in [5.74, 6) is -1.14. The number of carboxylic acids is 1. The van der Waals surface area contributed by atoms with Crippen molar-refractivity contribution in [2.45, 2.75) is 65.3 Å². The Morgan fingerprint density at radius 3 is 2.15 bits per heavy atom. The van der Waals surface area contributed by atoms with E-state index in [2.05, 4.69) is 15.8 Å². The van der Waals surface area contributed by atoms with Crippen molar-refractivity contribution in [1.82, 2.24) is 15.8 Å². The Bertz CT molecular complexity index is 656. The number of carbonyl (C=O) groups is 3. The first kappa shape index (κ1) is 21.3. The van der Waals surface area contributed by atoms with E-state index in [1.807, 2.05) is 0 Å². The van der Waals surface area contributed by atoms with Crippen molar-refractivity contribution < 1.29 is 33.5 Å². The van der Waals surface area contributed by atoms with Gasteiger partial charge in [-0.1, -0.05) is 5.16 Å². The molecular formula is C16H25N3O7. The molecule has 0 bridgehead atoms. The second-order valence-electron chi connectivity index (χ2n) is 7.49. The molecular weight excluding hydrogens is 346 g/mol. The van der Waals surface area contributed by atoms with Crippen molar-refractivity contribution in [2.24, 2.45) is 0 Å². The summed E-state index contributed by atoms with van der Waals surface area (Å²) in [4.78, 5) is 34.8. The lowest BCUT2D eigenvalue weighted by Crippen LogP contribution is -2.38. The minimum atomic E-state index is -1.45. The van der Waals surface area contributed by atoms with Gasteiger partial charge in [-0.3, -0.25) is 0 Å². The monoisotopic (exact) mass is 371 g/mol. The lowest BCUT2D eigenvalue weighted by molar-refractivity contribution is -0.139. The van der Waals surface area contributed by atoms with Crippen LogP contribution in [0.15, 0.2) is 10.6 Å². The molecule has 0 spiro atoms. The number of amides is 2. The molecule has 1 rings (SSSR count). The summed E-state index contributed by atoms with van der Waals surface area (Å²) in [6.45, 7) is 10.1. The zero-order chi connectivity index (χ0) is 20.1. The van der Waals surface area contributed by atoms with Crippen LogP contribution < -0.4 is 10.6 Å². The molecule has 0 aliphatic heterocycles. The number of alkyl carbamates (subject to hydrolysis) is 2. The Hall–Kier alpha value is -2.78. The summed E-state index contributed by atoms with van der Waals surface area (Å²) in [6.07, 6.45) is -1.56. The van der Waals surface area contributed by atoms with Crippen LogP contribution in [0.25, 0.3) is 0 Å². The van der Waals surface area contributed by atoms with E-state index >= 15 is 0 Å². The van der Waals surface area contributed by atoms with Crippen molar-refractivity contribution in [3.05, 3.63) is 17.5 Å². The quantitative estimate of drug-likeness (QED) is 0.716. The highest BCUT2D eigenvalue weighted by Gasteiger charge is 2.28. The van der Waals surface area contributed by atoms with E-state index in [4.69, 9.17) is 14.0 Å². The third-order valence-corrected chi connectivity index (χ3v) is 2.59. The maximum atomic E-state index is 11.8. The first-order valence-electron chi connectivity index (χ1n) is 7.91. The number of nitrogens with one attached hydrogen (secondary N) is 2. The van der Waals surface area contributed by atoms with Crippen LogP contribution in [0.4, 0.5) is 9.59 Å². The molecule has 0 aliphatic rings. The summed E-state index contributed by atoms with van der Waals surface area (Å²) < 4.78 is 15.1. The van der Waals surface area contributed by atoms with Gasteiger partial charge in [-0.2, -0.15) is 0 Å². The molecule has 0 aliphatic carbocycles. The van der Waals surface area contributed by atoms with Crippen LogP contribution >= 0.6 is 0 Å². The van der Waals surface area contributed by atoms with Gasteiger partial charge in [0.2, 0.25) is 0 Å². The number of hydrogen-bond acceptors (Lipinski definition) is 7. The maximum absolute atomic E-state index is 11.8. The SMILES string of the molecule is CC(C)(C)OC(=O)NCc1cc([C@@H](NC(=O)OC(C)(C)C)C(=O)O)no1. The van der Waals surface area contributed by atoms with Crippen LogP contribution in [0.1, 0.15) is 59.0 Å². The predicted octanol–water partition coefficient (Wildman–Crippen LogP) is 2.35. The Morgan fingerprint density at radius 1 is 1.12 bits per heavy atom. The third kappa shape index (κ3) is 7.86. The number of hydrogen-bond donors (Lipinski definition) is 3. The molecule has 1 aromatic heterocycles. The maximum Gasteiger partial charge on any atom is 0.408 e. The molecule has 0 unspecified atom stereocenters. The summed E-state index contributed by atoms with van der Waals surface area (Å²) in [5.41, 5.74) is -1.47. The fourth-order valence-electron chi connectivity index (χ4n) is 1.71. The Labute approximate surface area is 151 Å². The number of aromatic nitrogens is 1. The molecule has 0 saturated heterocycles. The molecule has 0 aromatic carbocycles. The van der Waals surface area contributed by atoms with Crippen molar-refractivity contribution in [1.29, 1.82) is 0 Å². The molecule has 10 heteroatoms. The molecule has 2 amide bonds. The Balaban J connectivity index is 2.71. The summed E-state index contributed by atoms with van der Waals surface area (Å²) >= 11 is 0. The van der Waals surface area contributed by atoms with Gasteiger partial charge in [0.1, 0.15) is 16.9 Å². The standard InChI is InChI=1S/C16H25N3O7/c1-15(2,3)24-13(22)17-8-9-7-10(19-26-9)11(12(20)21)18-14(23)25-16(4,5)6/h7,11H,8H2,1-6H3,(H,17,22)(H,18,23)(H,20,21)/t11-/m1/s1. The normalized spacial score (nSPS) is 12.8. The van der Waals surface area contributed by atoms with Crippen LogP contribution in [-0.2, 0) is 20.8 Å². The van der Waals surface area contributed by atoms with Gasteiger partial charge in [0, 0.05) is 6.07 Å². The zero-order valence-electron chi connectivity index (χ0n) is 15.7. The van der Waals surface area contributed by atoms with E-state index in [9.17, 15) is 19.5 Å².